The standard InChI is InChI=1S/C26H26N4O4S/c1-17-25(35-26(28-17)19-7-5-4-6-8-19)20-10-12-24(32)30(29-20)14-13-27-23(31)16-18-9-11-21(33-2)22(15-18)34-3/h4-12,15H,13-14,16H2,1-3H3,(H,27,31). The first kappa shape index (κ1) is 24.2. The van der Waals surface area contributed by atoms with E-state index in [1.807, 2.05) is 43.3 Å². The summed E-state index contributed by atoms with van der Waals surface area (Å²) in [6.45, 7) is 2.47. The summed E-state index contributed by atoms with van der Waals surface area (Å²) in [7, 11) is 3.12. The lowest BCUT2D eigenvalue weighted by Gasteiger charge is -2.10. The quantitative estimate of drug-likeness (QED) is 0.384. The average Bonchev–Trinajstić information content (AvgIpc) is 3.27. The number of carbonyl (C=O) groups excluding carboxylic acids is 1. The van der Waals surface area contributed by atoms with Gasteiger partial charge in [-0.15, -0.1) is 11.3 Å². The smallest absolute Gasteiger partial charge is 0.266 e. The van der Waals surface area contributed by atoms with Gasteiger partial charge in [0.2, 0.25) is 5.91 Å². The number of thiazole rings is 1. The molecule has 180 valence electrons. The normalized spacial score (nSPS) is 10.7. The Morgan fingerprint density at radius 3 is 2.54 bits per heavy atom. The van der Waals surface area contributed by atoms with Crippen LogP contribution in [0.5, 0.6) is 11.5 Å². The zero-order valence-electron chi connectivity index (χ0n) is 19.8. The van der Waals surface area contributed by atoms with Crippen LogP contribution in [0.3, 0.4) is 0 Å². The molecule has 0 aliphatic carbocycles. The maximum absolute atomic E-state index is 12.4. The van der Waals surface area contributed by atoms with Crippen molar-refractivity contribution >= 4 is 17.2 Å². The van der Waals surface area contributed by atoms with Crippen LogP contribution in [-0.2, 0) is 17.8 Å². The van der Waals surface area contributed by atoms with Crippen molar-refractivity contribution in [2.75, 3.05) is 20.8 Å². The van der Waals surface area contributed by atoms with E-state index in [9.17, 15) is 9.59 Å². The predicted molar refractivity (Wildman–Crippen MR) is 136 cm³/mol. The molecule has 1 amide bonds. The lowest BCUT2D eigenvalue weighted by molar-refractivity contribution is -0.120. The first-order chi connectivity index (χ1) is 17.0. The molecular formula is C26H26N4O4S. The molecule has 0 aliphatic heterocycles. The molecule has 0 radical (unpaired) electrons. The molecule has 0 bridgehead atoms. The predicted octanol–water partition coefficient (Wildman–Crippen LogP) is 3.72. The third-order valence-corrected chi connectivity index (χ3v) is 6.60. The Kier molecular flexibility index (Phi) is 7.57. The maximum Gasteiger partial charge on any atom is 0.266 e. The summed E-state index contributed by atoms with van der Waals surface area (Å²) >= 11 is 1.54. The van der Waals surface area contributed by atoms with E-state index < -0.39 is 0 Å². The molecule has 4 aromatic rings. The lowest BCUT2D eigenvalue weighted by Crippen LogP contribution is -2.32. The molecule has 35 heavy (non-hydrogen) atoms. The highest BCUT2D eigenvalue weighted by Crippen LogP contribution is 2.33. The molecular weight excluding hydrogens is 464 g/mol. The second-order valence-electron chi connectivity index (χ2n) is 7.80. The van der Waals surface area contributed by atoms with Gasteiger partial charge in [-0.3, -0.25) is 9.59 Å². The van der Waals surface area contributed by atoms with Crippen molar-refractivity contribution in [1.29, 1.82) is 0 Å². The monoisotopic (exact) mass is 490 g/mol. The van der Waals surface area contributed by atoms with Crippen molar-refractivity contribution in [3.05, 3.63) is 82.3 Å². The fraction of sp³-hybridized carbons (Fsp3) is 0.231. The van der Waals surface area contributed by atoms with Crippen LogP contribution in [0.2, 0.25) is 0 Å². The lowest BCUT2D eigenvalue weighted by atomic mass is 10.1. The van der Waals surface area contributed by atoms with E-state index in [0.717, 1.165) is 26.7 Å². The highest BCUT2D eigenvalue weighted by atomic mass is 32.1. The third kappa shape index (κ3) is 5.75. The summed E-state index contributed by atoms with van der Waals surface area (Å²) < 4.78 is 11.9. The molecule has 2 heterocycles. The van der Waals surface area contributed by atoms with Crippen molar-refractivity contribution in [3.63, 3.8) is 0 Å². The van der Waals surface area contributed by atoms with E-state index in [4.69, 9.17) is 9.47 Å². The van der Waals surface area contributed by atoms with Crippen LogP contribution < -0.4 is 20.3 Å². The van der Waals surface area contributed by atoms with Crippen molar-refractivity contribution < 1.29 is 14.3 Å². The topological polar surface area (TPSA) is 95.3 Å². The van der Waals surface area contributed by atoms with Crippen LogP contribution in [0.15, 0.2) is 65.5 Å². The number of nitrogens with one attached hydrogen (secondary N) is 1. The van der Waals surface area contributed by atoms with E-state index in [1.165, 1.54) is 22.1 Å². The molecule has 2 aromatic carbocycles. The fourth-order valence-corrected chi connectivity index (χ4v) is 4.64. The van der Waals surface area contributed by atoms with Crippen molar-refractivity contribution in [1.82, 2.24) is 20.1 Å². The van der Waals surface area contributed by atoms with Crippen LogP contribution in [0.4, 0.5) is 0 Å². The number of aryl methyl sites for hydroxylation is 1. The Morgan fingerprint density at radius 2 is 1.80 bits per heavy atom. The molecule has 9 heteroatoms. The van der Waals surface area contributed by atoms with E-state index in [-0.39, 0.29) is 31.0 Å². The molecule has 2 aromatic heterocycles. The molecule has 0 spiro atoms. The summed E-state index contributed by atoms with van der Waals surface area (Å²) in [4.78, 5) is 30.4. The van der Waals surface area contributed by atoms with Gasteiger partial charge in [-0.1, -0.05) is 36.4 Å². The van der Waals surface area contributed by atoms with E-state index in [1.54, 1.807) is 32.4 Å². The van der Waals surface area contributed by atoms with Crippen LogP contribution in [0.25, 0.3) is 21.1 Å². The minimum absolute atomic E-state index is 0.160. The number of ether oxygens (including phenoxy) is 2. The van der Waals surface area contributed by atoms with Crippen molar-refractivity contribution in [2.45, 2.75) is 19.9 Å². The molecule has 8 nitrogen and oxygen atoms in total. The number of amides is 1. The summed E-state index contributed by atoms with van der Waals surface area (Å²) in [6, 6.07) is 18.5. The molecule has 0 saturated heterocycles. The first-order valence-electron chi connectivity index (χ1n) is 11.1. The van der Waals surface area contributed by atoms with Gasteiger partial charge in [-0.25, -0.2) is 9.67 Å². The zero-order valence-corrected chi connectivity index (χ0v) is 20.6. The summed E-state index contributed by atoms with van der Waals surface area (Å²) in [5, 5.41) is 8.28. The van der Waals surface area contributed by atoms with Gasteiger partial charge in [0.05, 0.1) is 37.8 Å². The Balaban J connectivity index is 1.41. The number of carbonyl (C=O) groups is 1. The number of benzene rings is 2. The maximum atomic E-state index is 12.4. The van der Waals surface area contributed by atoms with E-state index >= 15 is 0 Å². The SMILES string of the molecule is COc1ccc(CC(=O)NCCn2nc(-c3sc(-c4ccccc4)nc3C)ccc2=O)cc1OC. The van der Waals surface area contributed by atoms with Crippen molar-refractivity contribution in [2.24, 2.45) is 0 Å². The second-order valence-corrected chi connectivity index (χ2v) is 8.79. The molecule has 0 atom stereocenters. The number of aromatic nitrogens is 3. The van der Waals surface area contributed by atoms with Gasteiger partial charge in [0, 0.05) is 18.2 Å². The van der Waals surface area contributed by atoms with Crippen LogP contribution >= 0.6 is 11.3 Å². The zero-order chi connectivity index (χ0) is 24.8. The van der Waals surface area contributed by atoms with Gasteiger partial charge in [0.15, 0.2) is 11.5 Å². The molecule has 0 fully saturated rings. The highest BCUT2D eigenvalue weighted by molar-refractivity contribution is 7.18. The molecule has 0 aliphatic rings. The van der Waals surface area contributed by atoms with E-state index in [2.05, 4.69) is 15.4 Å². The second kappa shape index (κ2) is 11.0. The Morgan fingerprint density at radius 1 is 1.03 bits per heavy atom. The highest BCUT2D eigenvalue weighted by Gasteiger charge is 2.14. The van der Waals surface area contributed by atoms with Gasteiger partial charge < -0.3 is 14.8 Å². The Hall–Kier alpha value is -3.98. The molecule has 4 rings (SSSR count). The Bertz CT molecular complexity index is 1380. The molecule has 1 N–H and O–H groups in total. The Labute approximate surface area is 207 Å². The van der Waals surface area contributed by atoms with E-state index in [0.29, 0.717) is 17.2 Å². The minimum atomic E-state index is -0.228. The largest absolute Gasteiger partial charge is 0.493 e. The van der Waals surface area contributed by atoms with Crippen LogP contribution in [0, 0.1) is 6.92 Å². The van der Waals surface area contributed by atoms with Gasteiger partial charge in [0.1, 0.15) is 10.7 Å². The summed E-state index contributed by atoms with van der Waals surface area (Å²) in [5.74, 6) is 1.01. The summed E-state index contributed by atoms with van der Waals surface area (Å²) in [5.41, 5.74) is 3.14. The summed E-state index contributed by atoms with van der Waals surface area (Å²) in [6.07, 6.45) is 0.186. The number of rotatable bonds is 9. The van der Waals surface area contributed by atoms with Crippen molar-refractivity contribution in [3.8, 4) is 32.6 Å². The van der Waals surface area contributed by atoms with Gasteiger partial charge in [0.25, 0.3) is 5.56 Å². The van der Waals surface area contributed by atoms with Crippen LogP contribution in [-0.4, -0.2) is 41.4 Å². The van der Waals surface area contributed by atoms with Gasteiger partial charge >= 0.3 is 0 Å². The molecule has 0 unspecified atom stereocenters. The van der Waals surface area contributed by atoms with Gasteiger partial charge in [-0.2, -0.15) is 5.10 Å². The van der Waals surface area contributed by atoms with Gasteiger partial charge in [-0.05, 0) is 30.7 Å². The minimum Gasteiger partial charge on any atom is -0.493 e. The number of hydrogen-bond acceptors (Lipinski definition) is 7. The average molecular weight is 491 g/mol. The third-order valence-electron chi connectivity index (χ3n) is 5.38. The van der Waals surface area contributed by atoms with Crippen LogP contribution in [0.1, 0.15) is 11.3 Å². The molecule has 0 saturated carbocycles. The number of methoxy groups -OCH3 is 2. The fourth-order valence-electron chi connectivity index (χ4n) is 3.61. The number of nitrogens with zero attached hydrogens (tertiary/aromatic N) is 3. The first-order valence-corrected chi connectivity index (χ1v) is 11.9. The number of hydrogen-bond donors (Lipinski definition) is 1.